The van der Waals surface area contributed by atoms with Crippen LogP contribution in [0.15, 0.2) is 47.4 Å². The lowest BCUT2D eigenvalue weighted by molar-refractivity contribution is -0.126. The SMILES string of the molecule is C[C@@H](CC1CC1)N(C(=O)C(C)(C)C)c1ccc(C2(S(=O)(=O)c3ccc(Cl)cc3)CCOCC2)cc1F. The highest BCUT2D eigenvalue weighted by molar-refractivity contribution is 7.92. The molecule has 0 aromatic heterocycles. The van der Waals surface area contributed by atoms with E-state index in [4.69, 9.17) is 16.3 Å². The Kier molecular flexibility index (Phi) is 7.58. The number of amides is 1. The second-order valence-electron chi connectivity index (χ2n) is 11.2. The van der Waals surface area contributed by atoms with Crippen LogP contribution in [0.25, 0.3) is 0 Å². The van der Waals surface area contributed by atoms with Crippen molar-refractivity contribution in [2.24, 2.45) is 11.3 Å². The van der Waals surface area contributed by atoms with Crippen LogP contribution in [-0.4, -0.2) is 33.6 Å². The third-order valence-corrected chi connectivity index (χ3v) is 10.2. The normalized spacial score (nSPS) is 19.1. The Bertz CT molecular complexity index is 1210. The highest BCUT2D eigenvalue weighted by Crippen LogP contribution is 2.45. The minimum Gasteiger partial charge on any atom is -0.381 e. The fraction of sp³-hybridized carbons (Fsp3) is 0.536. The maximum atomic E-state index is 15.9. The van der Waals surface area contributed by atoms with E-state index in [-0.39, 0.29) is 48.6 Å². The van der Waals surface area contributed by atoms with E-state index in [0.717, 1.165) is 19.3 Å². The van der Waals surface area contributed by atoms with E-state index in [2.05, 4.69) is 0 Å². The van der Waals surface area contributed by atoms with Gasteiger partial charge in [-0.25, -0.2) is 12.8 Å². The quantitative estimate of drug-likeness (QED) is 0.404. The average Bonchev–Trinajstić information content (AvgIpc) is 3.64. The van der Waals surface area contributed by atoms with E-state index < -0.39 is 25.8 Å². The molecule has 1 aliphatic heterocycles. The van der Waals surface area contributed by atoms with Gasteiger partial charge in [0.05, 0.1) is 10.6 Å². The number of halogens is 2. The molecule has 0 unspecified atom stereocenters. The molecule has 2 aromatic carbocycles. The number of rotatable bonds is 7. The summed E-state index contributed by atoms with van der Waals surface area (Å²) in [6.07, 6.45) is 3.50. The van der Waals surface area contributed by atoms with Crippen LogP contribution in [0.4, 0.5) is 10.1 Å². The average molecular weight is 536 g/mol. The van der Waals surface area contributed by atoms with Crippen LogP contribution in [0.5, 0.6) is 0 Å². The van der Waals surface area contributed by atoms with E-state index in [0.29, 0.717) is 16.5 Å². The van der Waals surface area contributed by atoms with Gasteiger partial charge in [0, 0.05) is 29.7 Å². The standard InChI is InChI=1S/C28H35ClFNO4S/c1-19(17-20-5-6-20)31(26(32)27(2,3)4)25-12-7-21(18-24(25)30)28(13-15-35-16-14-28)36(33,34)23-10-8-22(29)9-11-23/h7-12,18-20H,5-6,13-17H2,1-4H3/t19-/m0/s1. The number of ether oxygens (including phenoxy) is 1. The fourth-order valence-electron chi connectivity index (χ4n) is 5.09. The van der Waals surface area contributed by atoms with Gasteiger partial charge in [-0.3, -0.25) is 4.79 Å². The number of carbonyl (C=O) groups excluding carboxylic acids is 1. The smallest absolute Gasteiger partial charge is 0.232 e. The number of sulfone groups is 1. The Labute approximate surface area is 218 Å². The Balaban J connectivity index is 1.78. The Morgan fingerprint density at radius 3 is 2.28 bits per heavy atom. The minimum absolute atomic E-state index is 0.140. The van der Waals surface area contributed by atoms with Crippen molar-refractivity contribution in [1.82, 2.24) is 0 Å². The zero-order valence-corrected chi connectivity index (χ0v) is 23.0. The van der Waals surface area contributed by atoms with Gasteiger partial charge in [0.1, 0.15) is 10.6 Å². The van der Waals surface area contributed by atoms with Crippen molar-refractivity contribution in [3.05, 3.63) is 58.9 Å². The van der Waals surface area contributed by atoms with Gasteiger partial charge in [0.2, 0.25) is 5.91 Å². The molecule has 1 atom stereocenters. The molecule has 196 valence electrons. The zero-order valence-electron chi connectivity index (χ0n) is 21.4. The molecule has 2 aromatic rings. The van der Waals surface area contributed by atoms with E-state index in [1.54, 1.807) is 29.2 Å². The van der Waals surface area contributed by atoms with Gasteiger partial charge in [-0.05, 0) is 74.1 Å². The number of hydrogen-bond donors (Lipinski definition) is 0. The number of nitrogens with zero attached hydrogens (tertiary/aromatic N) is 1. The van der Waals surface area contributed by atoms with Crippen molar-refractivity contribution < 1.29 is 22.3 Å². The van der Waals surface area contributed by atoms with Gasteiger partial charge >= 0.3 is 0 Å². The van der Waals surface area contributed by atoms with Crippen molar-refractivity contribution in [1.29, 1.82) is 0 Å². The first-order valence-electron chi connectivity index (χ1n) is 12.6. The van der Waals surface area contributed by atoms with Gasteiger partial charge in [-0.15, -0.1) is 0 Å². The van der Waals surface area contributed by atoms with E-state index in [9.17, 15) is 13.2 Å². The Morgan fingerprint density at radius 1 is 1.14 bits per heavy atom. The molecule has 1 amide bonds. The molecule has 4 rings (SSSR count). The van der Waals surface area contributed by atoms with E-state index in [1.807, 2.05) is 27.7 Å². The number of hydrogen-bond acceptors (Lipinski definition) is 4. The lowest BCUT2D eigenvalue weighted by Crippen LogP contribution is -2.46. The van der Waals surface area contributed by atoms with Crippen LogP contribution < -0.4 is 4.90 Å². The van der Waals surface area contributed by atoms with Crippen LogP contribution in [0.2, 0.25) is 5.02 Å². The molecule has 1 saturated heterocycles. The molecule has 0 radical (unpaired) electrons. The molecular formula is C28H35ClFNO4S. The predicted molar refractivity (Wildman–Crippen MR) is 141 cm³/mol. The largest absolute Gasteiger partial charge is 0.381 e. The molecule has 1 heterocycles. The van der Waals surface area contributed by atoms with Gasteiger partial charge in [0.25, 0.3) is 0 Å². The maximum Gasteiger partial charge on any atom is 0.232 e. The second-order valence-corrected chi connectivity index (χ2v) is 13.9. The Morgan fingerprint density at radius 2 is 1.75 bits per heavy atom. The summed E-state index contributed by atoms with van der Waals surface area (Å²) in [5, 5.41) is 0.439. The molecule has 8 heteroatoms. The van der Waals surface area contributed by atoms with Crippen molar-refractivity contribution in [3.8, 4) is 0 Å². The molecule has 0 bridgehead atoms. The first-order chi connectivity index (χ1) is 16.9. The van der Waals surface area contributed by atoms with Crippen molar-refractivity contribution >= 4 is 33.0 Å². The first-order valence-corrected chi connectivity index (χ1v) is 14.4. The Hall–Kier alpha value is -1.96. The van der Waals surface area contributed by atoms with Crippen LogP contribution in [0.3, 0.4) is 0 Å². The molecule has 2 aliphatic rings. The molecule has 36 heavy (non-hydrogen) atoms. The molecule has 0 N–H and O–H groups in total. The van der Waals surface area contributed by atoms with Gasteiger partial charge in [-0.2, -0.15) is 0 Å². The minimum atomic E-state index is -3.89. The van der Waals surface area contributed by atoms with Gasteiger partial charge in [0.15, 0.2) is 9.84 Å². The molecule has 1 aliphatic carbocycles. The fourth-order valence-corrected chi connectivity index (χ4v) is 7.30. The predicted octanol–water partition coefficient (Wildman–Crippen LogP) is 6.53. The second kappa shape index (κ2) is 10.1. The lowest BCUT2D eigenvalue weighted by Gasteiger charge is -2.38. The number of carbonyl (C=O) groups is 1. The zero-order chi connectivity index (χ0) is 26.3. The van der Waals surface area contributed by atoms with E-state index >= 15 is 4.39 Å². The summed E-state index contributed by atoms with van der Waals surface area (Å²) in [7, 11) is -3.89. The number of anilines is 1. The third kappa shape index (κ3) is 5.20. The van der Waals surface area contributed by atoms with Crippen LogP contribution in [0, 0.1) is 17.2 Å². The van der Waals surface area contributed by atoms with Gasteiger partial charge < -0.3 is 9.64 Å². The highest BCUT2D eigenvalue weighted by Gasteiger charge is 2.48. The summed E-state index contributed by atoms with van der Waals surface area (Å²) < 4.78 is 47.9. The molecule has 5 nitrogen and oxygen atoms in total. The van der Waals surface area contributed by atoms with Crippen LogP contribution in [-0.2, 0) is 24.1 Å². The van der Waals surface area contributed by atoms with Gasteiger partial charge in [-0.1, -0.05) is 51.3 Å². The number of benzene rings is 2. The van der Waals surface area contributed by atoms with Crippen molar-refractivity contribution in [3.63, 3.8) is 0 Å². The lowest BCUT2D eigenvalue weighted by atomic mass is 9.89. The summed E-state index contributed by atoms with van der Waals surface area (Å²) in [5.74, 6) is -0.186. The summed E-state index contributed by atoms with van der Waals surface area (Å²) >= 11 is 5.99. The van der Waals surface area contributed by atoms with E-state index in [1.165, 1.54) is 18.2 Å². The van der Waals surface area contributed by atoms with Crippen LogP contribution in [0.1, 0.15) is 65.4 Å². The molecule has 2 fully saturated rings. The molecule has 0 spiro atoms. The first kappa shape index (κ1) is 27.1. The topological polar surface area (TPSA) is 63.7 Å². The summed E-state index contributed by atoms with van der Waals surface area (Å²) in [4.78, 5) is 15.1. The van der Waals surface area contributed by atoms with Crippen LogP contribution >= 0.6 is 11.6 Å². The van der Waals surface area contributed by atoms with Crippen molar-refractivity contribution in [2.45, 2.75) is 75.5 Å². The molecular weight excluding hydrogens is 501 g/mol. The summed E-state index contributed by atoms with van der Waals surface area (Å²) in [6, 6.07) is 10.5. The maximum absolute atomic E-state index is 15.9. The summed E-state index contributed by atoms with van der Waals surface area (Å²) in [5.41, 5.74) is -0.124. The molecule has 1 saturated carbocycles. The van der Waals surface area contributed by atoms with Crippen molar-refractivity contribution in [2.75, 3.05) is 18.1 Å². The monoisotopic (exact) mass is 535 g/mol. The third-order valence-electron chi connectivity index (χ3n) is 7.34. The highest BCUT2D eigenvalue weighted by atomic mass is 35.5. The summed E-state index contributed by atoms with van der Waals surface area (Å²) in [6.45, 7) is 7.95.